The molecule has 0 aromatic heterocycles. The molecule has 0 spiro atoms. The molecule has 1 saturated carbocycles. The van der Waals surface area contributed by atoms with Crippen LogP contribution in [0.1, 0.15) is 34.3 Å². The van der Waals surface area contributed by atoms with Gasteiger partial charge < -0.3 is 10.1 Å². The molecule has 2 saturated heterocycles. The molecule has 0 unspecified atom stereocenters. The average Bonchev–Trinajstić information content (AvgIpc) is 3.31. The Hall–Kier alpha value is -3.11. The predicted octanol–water partition coefficient (Wildman–Crippen LogP) is 4.66. The van der Waals surface area contributed by atoms with E-state index >= 15 is 0 Å². The van der Waals surface area contributed by atoms with E-state index < -0.39 is 0 Å². The van der Waals surface area contributed by atoms with Gasteiger partial charge in [0.2, 0.25) is 0 Å². The summed E-state index contributed by atoms with van der Waals surface area (Å²) in [5.41, 5.74) is 3.26. The van der Waals surface area contributed by atoms with Crippen LogP contribution >= 0.6 is 0 Å². The Labute approximate surface area is 183 Å². The van der Waals surface area contributed by atoms with E-state index in [1.165, 1.54) is 18.4 Å². The second-order valence-electron chi connectivity index (χ2n) is 8.85. The fourth-order valence-electron chi connectivity index (χ4n) is 4.99. The zero-order valence-corrected chi connectivity index (χ0v) is 17.7. The molecule has 2 aliphatic heterocycles. The number of ether oxygens (including phenoxy) is 1. The molecule has 1 aliphatic carbocycles. The Morgan fingerprint density at radius 2 is 1.55 bits per heavy atom. The summed E-state index contributed by atoms with van der Waals surface area (Å²) >= 11 is 0. The van der Waals surface area contributed by atoms with Crippen molar-refractivity contribution in [1.29, 1.82) is 0 Å². The standard InChI is InChI=1S/C27H28N2O2/c30-26(24-11-13-25(14-12-24)31-19-22-9-5-2-6-10-22)28-20-27-15-23(16-27)18-29(27)17-21-7-3-1-4-8-21/h1-14,23H,15-20H2,(H,28,30). The van der Waals surface area contributed by atoms with Gasteiger partial charge in [0, 0.05) is 30.7 Å². The molecule has 1 N–H and O–H groups in total. The number of carbonyl (C=O) groups excluding carboxylic acids is 1. The summed E-state index contributed by atoms with van der Waals surface area (Å²) in [6.07, 6.45) is 2.37. The van der Waals surface area contributed by atoms with Gasteiger partial charge in [0.25, 0.3) is 5.91 Å². The number of rotatable bonds is 8. The van der Waals surface area contributed by atoms with Crippen molar-refractivity contribution in [2.45, 2.75) is 31.5 Å². The number of nitrogens with one attached hydrogen (secondary N) is 1. The maximum atomic E-state index is 12.7. The Balaban J connectivity index is 1.15. The number of benzene rings is 3. The van der Waals surface area contributed by atoms with Crippen LogP contribution < -0.4 is 10.1 Å². The van der Waals surface area contributed by atoms with Crippen LogP contribution in [0.5, 0.6) is 5.75 Å². The monoisotopic (exact) mass is 412 g/mol. The van der Waals surface area contributed by atoms with E-state index in [9.17, 15) is 4.79 Å². The second-order valence-corrected chi connectivity index (χ2v) is 8.85. The molecule has 0 radical (unpaired) electrons. The molecular formula is C27H28N2O2. The molecule has 0 atom stereocenters. The fraction of sp³-hybridized carbons (Fsp3) is 0.296. The molecule has 3 aliphatic rings. The van der Waals surface area contributed by atoms with Crippen LogP contribution in [0, 0.1) is 5.92 Å². The highest BCUT2D eigenvalue weighted by Gasteiger charge is 2.55. The van der Waals surface area contributed by atoms with Gasteiger partial charge in [0.05, 0.1) is 0 Å². The molecule has 4 heteroatoms. The topological polar surface area (TPSA) is 41.6 Å². The van der Waals surface area contributed by atoms with Crippen LogP contribution in [-0.4, -0.2) is 29.4 Å². The van der Waals surface area contributed by atoms with Crippen molar-refractivity contribution in [2.24, 2.45) is 5.92 Å². The van der Waals surface area contributed by atoms with Gasteiger partial charge in [-0.05, 0) is 54.2 Å². The summed E-state index contributed by atoms with van der Waals surface area (Å²) in [5, 5.41) is 3.19. The van der Waals surface area contributed by atoms with E-state index in [4.69, 9.17) is 4.74 Å². The molecule has 31 heavy (non-hydrogen) atoms. The number of hydrogen-bond acceptors (Lipinski definition) is 3. The highest BCUT2D eigenvalue weighted by atomic mass is 16.5. The highest BCUT2D eigenvalue weighted by molar-refractivity contribution is 5.94. The molecular weight excluding hydrogens is 384 g/mol. The maximum Gasteiger partial charge on any atom is 0.251 e. The van der Waals surface area contributed by atoms with Crippen molar-refractivity contribution in [3.8, 4) is 5.75 Å². The molecule has 3 fully saturated rings. The lowest BCUT2D eigenvalue weighted by molar-refractivity contribution is 0.0798. The summed E-state index contributed by atoms with van der Waals surface area (Å²) in [7, 11) is 0. The first-order valence-corrected chi connectivity index (χ1v) is 11.0. The van der Waals surface area contributed by atoms with Gasteiger partial charge >= 0.3 is 0 Å². The Bertz CT molecular complexity index is 1010. The summed E-state index contributed by atoms with van der Waals surface area (Å²) < 4.78 is 5.82. The van der Waals surface area contributed by atoms with Crippen LogP contribution in [0.15, 0.2) is 84.9 Å². The molecule has 2 heterocycles. The van der Waals surface area contributed by atoms with Crippen molar-refractivity contribution in [1.82, 2.24) is 10.2 Å². The molecule has 6 rings (SSSR count). The first kappa shape index (κ1) is 19.8. The van der Waals surface area contributed by atoms with E-state index in [1.54, 1.807) is 0 Å². The Kier molecular flexibility index (Phi) is 5.47. The maximum absolute atomic E-state index is 12.7. The lowest BCUT2D eigenvalue weighted by Gasteiger charge is -2.42. The zero-order valence-electron chi connectivity index (χ0n) is 17.7. The second kappa shape index (κ2) is 8.56. The van der Waals surface area contributed by atoms with Crippen LogP contribution in [0.2, 0.25) is 0 Å². The molecule has 4 nitrogen and oxygen atoms in total. The summed E-state index contributed by atoms with van der Waals surface area (Å²) in [5.74, 6) is 1.53. The minimum absolute atomic E-state index is 0.0148. The smallest absolute Gasteiger partial charge is 0.251 e. The van der Waals surface area contributed by atoms with Crippen molar-refractivity contribution in [2.75, 3.05) is 13.1 Å². The number of hydrogen-bond donors (Lipinski definition) is 1. The summed E-state index contributed by atoms with van der Waals surface area (Å²) in [4.78, 5) is 15.3. The van der Waals surface area contributed by atoms with Gasteiger partial charge in [0.15, 0.2) is 0 Å². The van der Waals surface area contributed by atoms with Crippen LogP contribution in [0.25, 0.3) is 0 Å². The van der Waals surface area contributed by atoms with Gasteiger partial charge in [-0.25, -0.2) is 0 Å². The number of amides is 1. The Morgan fingerprint density at radius 1 is 0.903 bits per heavy atom. The third-order valence-electron chi connectivity index (χ3n) is 6.65. The van der Waals surface area contributed by atoms with Gasteiger partial charge in [-0.3, -0.25) is 9.69 Å². The highest BCUT2D eigenvalue weighted by Crippen LogP contribution is 2.50. The molecule has 158 valence electrons. The van der Waals surface area contributed by atoms with E-state index in [2.05, 4.69) is 40.5 Å². The van der Waals surface area contributed by atoms with Crippen molar-refractivity contribution >= 4 is 5.91 Å². The van der Waals surface area contributed by atoms with E-state index in [0.29, 0.717) is 18.7 Å². The summed E-state index contributed by atoms with van der Waals surface area (Å²) in [6, 6.07) is 28.1. The van der Waals surface area contributed by atoms with Crippen molar-refractivity contribution in [3.63, 3.8) is 0 Å². The lowest BCUT2D eigenvalue weighted by atomic mass is 9.73. The first-order chi connectivity index (χ1) is 15.2. The first-order valence-electron chi connectivity index (χ1n) is 11.0. The molecule has 2 bridgehead atoms. The van der Waals surface area contributed by atoms with Crippen molar-refractivity contribution in [3.05, 3.63) is 102 Å². The van der Waals surface area contributed by atoms with Crippen LogP contribution in [-0.2, 0) is 13.2 Å². The van der Waals surface area contributed by atoms with Crippen LogP contribution in [0.3, 0.4) is 0 Å². The minimum Gasteiger partial charge on any atom is -0.489 e. The lowest BCUT2D eigenvalue weighted by Crippen LogP contribution is -2.53. The fourth-order valence-corrected chi connectivity index (χ4v) is 4.99. The van der Waals surface area contributed by atoms with Gasteiger partial charge in [0.1, 0.15) is 12.4 Å². The number of nitrogens with zero attached hydrogens (tertiary/aromatic N) is 1. The molecule has 1 amide bonds. The average molecular weight is 413 g/mol. The zero-order chi connectivity index (χ0) is 21.1. The van der Waals surface area contributed by atoms with Crippen LogP contribution in [0.4, 0.5) is 0 Å². The van der Waals surface area contributed by atoms with Gasteiger partial charge in [-0.2, -0.15) is 0 Å². The number of fused-ring (bicyclic) bond motifs is 1. The molecule has 3 aromatic rings. The van der Waals surface area contributed by atoms with E-state index in [1.807, 2.05) is 54.6 Å². The van der Waals surface area contributed by atoms with E-state index in [0.717, 1.165) is 30.3 Å². The number of carbonyl (C=O) groups is 1. The third-order valence-corrected chi connectivity index (χ3v) is 6.65. The SMILES string of the molecule is O=C(NCC12CC(CN1Cc1ccccc1)C2)c1ccc(OCc2ccccc2)cc1. The Morgan fingerprint density at radius 3 is 2.23 bits per heavy atom. The largest absolute Gasteiger partial charge is 0.489 e. The van der Waals surface area contributed by atoms with Crippen molar-refractivity contribution < 1.29 is 9.53 Å². The quantitative estimate of drug-likeness (QED) is 0.585. The third kappa shape index (κ3) is 4.35. The predicted molar refractivity (Wildman–Crippen MR) is 122 cm³/mol. The molecule has 3 aromatic carbocycles. The normalized spacial score (nSPS) is 22.0. The van der Waals surface area contributed by atoms with Gasteiger partial charge in [-0.1, -0.05) is 60.7 Å². The minimum atomic E-state index is -0.0148. The van der Waals surface area contributed by atoms with E-state index in [-0.39, 0.29) is 11.4 Å². The van der Waals surface area contributed by atoms with Gasteiger partial charge in [-0.15, -0.1) is 0 Å². The summed E-state index contributed by atoms with van der Waals surface area (Å²) in [6.45, 7) is 3.33.